The van der Waals surface area contributed by atoms with Gasteiger partial charge in [-0.15, -0.1) is 0 Å². The summed E-state index contributed by atoms with van der Waals surface area (Å²) < 4.78 is 13.7. The zero-order valence-electron chi connectivity index (χ0n) is 7.35. The van der Waals surface area contributed by atoms with Gasteiger partial charge in [0.15, 0.2) is 5.82 Å². The summed E-state index contributed by atoms with van der Waals surface area (Å²) in [6.45, 7) is 0. The number of aromatic amines is 1. The van der Waals surface area contributed by atoms with Crippen molar-refractivity contribution in [3.63, 3.8) is 0 Å². The van der Waals surface area contributed by atoms with E-state index in [0.717, 1.165) is 11.0 Å². The number of H-pyrrole nitrogens is 1. The van der Waals surface area contributed by atoms with Gasteiger partial charge in [-0.3, -0.25) is 0 Å². The molecule has 2 aromatic rings. The highest BCUT2D eigenvalue weighted by Gasteiger charge is 2.25. The van der Waals surface area contributed by atoms with E-state index in [2.05, 4.69) is 25.9 Å². The Morgan fingerprint density at radius 2 is 2.29 bits per heavy atom. The van der Waals surface area contributed by atoms with Gasteiger partial charge in [-0.05, 0) is 40.8 Å². The number of nitrogens with one attached hydrogen (secondary N) is 1. The second-order valence-electron chi connectivity index (χ2n) is 3.68. The lowest BCUT2D eigenvalue weighted by Crippen LogP contribution is -1.82. The first-order valence-electron chi connectivity index (χ1n) is 4.58. The van der Waals surface area contributed by atoms with E-state index in [0.29, 0.717) is 10.4 Å². The maximum absolute atomic E-state index is 13.2. The van der Waals surface area contributed by atoms with Crippen LogP contribution in [0.1, 0.15) is 24.5 Å². The van der Waals surface area contributed by atoms with E-state index in [1.54, 1.807) is 0 Å². The van der Waals surface area contributed by atoms with E-state index in [9.17, 15) is 4.39 Å². The number of aromatic nitrogens is 2. The Kier molecular flexibility index (Phi) is 1.68. The van der Waals surface area contributed by atoms with E-state index in [-0.39, 0.29) is 5.82 Å². The molecule has 1 aliphatic carbocycles. The first-order chi connectivity index (χ1) is 6.75. The molecule has 0 saturated heterocycles. The zero-order valence-corrected chi connectivity index (χ0v) is 8.94. The summed E-state index contributed by atoms with van der Waals surface area (Å²) in [7, 11) is 0. The molecule has 1 N–H and O–H groups in total. The summed E-state index contributed by atoms with van der Waals surface area (Å²) in [5, 5.41) is 0.840. The second kappa shape index (κ2) is 2.79. The molecule has 0 atom stereocenters. The van der Waals surface area contributed by atoms with Gasteiger partial charge in [0, 0.05) is 11.1 Å². The highest BCUT2D eigenvalue weighted by molar-refractivity contribution is 9.10. The van der Waals surface area contributed by atoms with Crippen molar-refractivity contribution in [3.05, 3.63) is 28.2 Å². The van der Waals surface area contributed by atoms with E-state index >= 15 is 0 Å². The van der Waals surface area contributed by atoms with E-state index in [1.807, 2.05) is 6.07 Å². The molecule has 14 heavy (non-hydrogen) atoms. The summed E-state index contributed by atoms with van der Waals surface area (Å²) in [5.41, 5.74) is 1.94. The Morgan fingerprint density at radius 1 is 1.50 bits per heavy atom. The van der Waals surface area contributed by atoms with E-state index in [1.165, 1.54) is 24.7 Å². The van der Waals surface area contributed by atoms with Crippen molar-refractivity contribution in [2.24, 2.45) is 0 Å². The summed E-state index contributed by atoms with van der Waals surface area (Å²) >= 11 is 3.23. The van der Waals surface area contributed by atoms with Crippen molar-refractivity contribution < 1.29 is 4.39 Å². The third-order valence-corrected chi connectivity index (χ3v) is 3.39. The standard InChI is InChI=1S/C10H8BrFN2/c11-9-6-3-8(5-1-2-5)14-10(6)13-4-7(9)12/h3-5H,1-2H2,(H,13,14). The monoisotopic (exact) mass is 254 g/mol. The van der Waals surface area contributed by atoms with Crippen LogP contribution in [-0.2, 0) is 0 Å². The fourth-order valence-corrected chi connectivity index (χ4v) is 2.06. The van der Waals surface area contributed by atoms with E-state index in [4.69, 9.17) is 0 Å². The van der Waals surface area contributed by atoms with Crippen molar-refractivity contribution in [1.82, 2.24) is 9.97 Å². The van der Waals surface area contributed by atoms with Crippen molar-refractivity contribution in [1.29, 1.82) is 0 Å². The maximum Gasteiger partial charge on any atom is 0.156 e. The lowest BCUT2D eigenvalue weighted by Gasteiger charge is -1.93. The summed E-state index contributed by atoms with van der Waals surface area (Å²) in [4.78, 5) is 7.23. The second-order valence-corrected chi connectivity index (χ2v) is 4.47. The van der Waals surface area contributed by atoms with Crippen LogP contribution in [0.3, 0.4) is 0 Å². The number of pyridine rings is 1. The topological polar surface area (TPSA) is 28.7 Å². The number of fused-ring (bicyclic) bond motifs is 1. The Hall–Kier alpha value is -0.900. The van der Waals surface area contributed by atoms with Crippen molar-refractivity contribution in [2.75, 3.05) is 0 Å². The predicted octanol–water partition coefficient (Wildman–Crippen LogP) is 3.34. The van der Waals surface area contributed by atoms with Crippen LogP contribution in [0.4, 0.5) is 4.39 Å². The van der Waals surface area contributed by atoms with Crippen molar-refractivity contribution >= 4 is 27.0 Å². The van der Waals surface area contributed by atoms with Crippen LogP contribution in [0.5, 0.6) is 0 Å². The first-order valence-corrected chi connectivity index (χ1v) is 5.37. The summed E-state index contributed by atoms with van der Waals surface area (Å²) in [6.07, 6.45) is 3.69. The molecule has 2 heterocycles. The molecular weight excluding hydrogens is 247 g/mol. The Morgan fingerprint density at radius 3 is 3.00 bits per heavy atom. The minimum absolute atomic E-state index is 0.307. The number of rotatable bonds is 1. The minimum atomic E-state index is -0.307. The predicted molar refractivity (Wildman–Crippen MR) is 55.7 cm³/mol. The summed E-state index contributed by atoms with van der Waals surface area (Å²) in [5.74, 6) is 0.331. The fraction of sp³-hybridized carbons (Fsp3) is 0.300. The van der Waals surface area contributed by atoms with Gasteiger partial charge in [0.25, 0.3) is 0 Å². The molecule has 72 valence electrons. The first kappa shape index (κ1) is 8.41. The number of hydrogen-bond acceptors (Lipinski definition) is 1. The molecule has 0 bridgehead atoms. The zero-order chi connectivity index (χ0) is 9.71. The molecule has 0 unspecified atom stereocenters. The largest absolute Gasteiger partial charge is 0.343 e. The number of nitrogens with zero attached hydrogens (tertiary/aromatic N) is 1. The highest BCUT2D eigenvalue weighted by atomic mass is 79.9. The molecule has 0 aromatic carbocycles. The molecular formula is C10H8BrFN2. The number of hydrogen-bond donors (Lipinski definition) is 1. The van der Waals surface area contributed by atoms with Crippen LogP contribution in [0.15, 0.2) is 16.7 Å². The van der Waals surface area contributed by atoms with E-state index < -0.39 is 0 Å². The number of halogens is 2. The van der Waals surface area contributed by atoms with Crippen LogP contribution >= 0.6 is 15.9 Å². The average Bonchev–Trinajstić information content (AvgIpc) is 2.93. The van der Waals surface area contributed by atoms with Gasteiger partial charge >= 0.3 is 0 Å². The van der Waals surface area contributed by atoms with Crippen LogP contribution in [0.2, 0.25) is 0 Å². The minimum Gasteiger partial charge on any atom is -0.343 e. The van der Waals surface area contributed by atoms with Gasteiger partial charge in [0.05, 0.1) is 10.7 Å². The van der Waals surface area contributed by atoms with Gasteiger partial charge < -0.3 is 4.98 Å². The van der Waals surface area contributed by atoms with Crippen LogP contribution < -0.4 is 0 Å². The van der Waals surface area contributed by atoms with Crippen molar-refractivity contribution in [2.45, 2.75) is 18.8 Å². The Labute approximate surface area is 88.7 Å². The maximum atomic E-state index is 13.2. The van der Waals surface area contributed by atoms with Gasteiger partial charge in [0.1, 0.15) is 5.65 Å². The molecule has 2 aromatic heterocycles. The third-order valence-electron chi connectivity index (χ3n) is 2.59. The molecule has 3 rings (SSSR count). The molecule has 0 amide bonds. The normalized spacial score (nSPS) is 16.4. The molecule has 0 radical (unpaired) electrons. The lowest BCUT2D eigenvalue weighted by atomic mass is 10.2. The molecule has 0 spiro atoms. The fourth-order valence-electron chi connectivity index (χ4n) is 1.65. The lowest BCUT2D eigenvalue weighted by molar-refractivity contribution is 0.618. The van der Waals surface area contributed by atoms with Crippen LogP contribution in [-0.4, -0.2) is 9.97 Å². The van der Waals surface area contributed by atoms with Gasteiger partial charge in [-0.25, -0.2) is 9.37 Å². The van der Waals surface area contributed by atoms with Gasteiger partial charge in [0.2, 0.25) is 0 Å². The molecule has 2 nitrogen and oxygen atoms in total. The quantitative estimate of drug-likeness (QED) is 0.831. The van der Waals surface area contributed by atoms with Gasteiger partial charge in [-0.1, -0.05) is 0 Å². The highest BCUT2D eigenvalue weighted by Crippen LogP contribution is 2.41. The van der Waals surface area contributed by atoms with Crippen LogP contribution in [0, 0.1) is 5.82 Å². The molecule has 4 heteroatoms. The molecule has 1 saturated carbocycles. The molecule has 1 fully saturated rings. The summed E-state index contributed by atoms with van der Waals surface area (Å²) in [6, 6.07) is 1.99. The molecule has 0 aliphatic heterocycles. The smallest absolute Gasteiger partial charge is 0.156 e. The SMILES string of the molecule is Fc1cnc2[nH]c(C3CC3)cc2c1Br. The third kappa shape index (κ3) is 1.17. The van der Waals surface area contributed by atoms with Crippen molar-refractivity contribution in [3.8, 4) is 0 Å². The Balaban J connectivity index is 2.26. The molecule has 1 aliphatic rings. The van der Waals surface area contributed by atoms with Crippen LogP contribution in [0.25, 0.3) is 11.0 Å². The average molecular weight is 255 g/mol. The Bertz CT molecular complexity index is 502. The van der Waals surface area contributed by atoms with Gasteiger partial charge in [-0.2, -0.15) is 0 Å².